The van der Waals surface area contributed by atoms with Gasteiger partial charge in [-0.2, -0.15) is 0 Å². The van der Waals surface area contributed by atoms with Gasteiger partial charge in [0.15, 0.2) is 11.5 Å². The molecule has 2 aliphatic carbocycles. The average Bonchev–Trinajstić information content (AvgIpc) is 3.41. The molecule has 36 heavy (non-hydrogen) atoms. The van der Waals surface area contributed by atoms with Crippen LogP contribution < -0.4 is 10.6 Å². The number of unbranched alkanes of at least 4 members (excludes halogenated alkanes) is 1. The molecule has 1 amide bonds. The number of hydrogen-bond acceptors (Lipinski definition) is 6. The lowest BCUT2D eigenvalue weighted by Crippen LogP contribution is -2.25. The molecule has 0 saturated heterocycles. The minimum absolute atomic E-state index is 0.0303. The van der Waals surface area contributed by atoms with Crippen molar-refractivity contribution in [2.75, 3.05) is 25.6 Å². The van der Waals surface area contributed by atoms with E-state index < -0.39 is 5.60 Å². The molecule has 2 aromatic heterocycles. The van der Waals surface area contributed by atoms with Crippen molar-refractivity contribution in [1.82, 2.24) is 19.7 Å². The van der Waals surface area contributed by atoms with Crippen molar-refractivity contribution in [1.29, 1.82) is 0 Å². The Labute approximate surface area is 211 Å². The lowest BCUT2D eigenvalue weighted by Gasteiger charge is -2.19. The fraction of sp³-hybridized carbons (Fsp3) is 0.464. The van der Waals surface area contributed by atoms with Crippen LogP contribution in [0.1, 0.15) is 67.4 Å². The summed E-state index contributed by atoms with van der Waals surface area (Å²) < 4.78 is 7.77. The number of benzene rings is 1. The molecule has 0 spiro atoms. The maximum Gasteiger partial charge on any atom is 0.251 e. The summed E-state index contributed by atoms with van der Waals surface area (Å²) >= 11 is 0. The molecule has 3 aromatic rings. The van der Waals surface area contributed by atoms with Crippen molar-refractivity contribution in [2.24, 2.45) is 0 Å². The number of imidazole rings is 1. The van der Waals surface area contributed by atoms with Gasteiger partial charge in [0, 0.05) is 43.6 Å². The van der Waals surface area contributed by atoms with E-state index in [-0.39, 0.29) is 12.5 Å². The van der Waals surface area contributed by atoms with Gasteiger partial charge in [-0.3, -0.25) is 9.20 Å². The quantitative estimate of drug-likeness (QED) is 0.314. The van der Waals surface area contributed by atoms with Crippen LogP contribution in [0.15, 0.2) is 36.7 Å². The average molecular weight is 488 g/mol. The first-order chi connectivity index (χ1) is 17.6. The SMILES string of the molecule is COC1(C#Cc2cn3c(-c4ccc(C(=O)NC5CC5)cc4)cnc3c(NCCCCO)n2)CCCC1. The predicted molar refractivity (Wildman–Crippen MR) is 139 cm³/mol. The number of rotatable bonds is 9. The number of aromatic nitrogens is 3. The topological polar surface area (TPSA) is 101 Å². The first kappa shape index (κ1) is 24.3. The fourth-order valence-electron chi connectivity index (χ4n) is 4.62. The van der Waals surface area contributed by atoms with Crippen LogP contribution in [-0.2, 0) is 4.74 Å². The number of carbonyl (C=O) groups is 1. The van der Waals surface area contributed by atoms with Crippen molar-refractivity contribution in [3.63, 3.8) is 0 Å². The summed E-state index contributed by atoms with van der Waals surface area (Å²) in [4.78, 5) is 21.8. The maximum absolute atomic E-state index is 12.4. The second kappa shape index (κ2) is 10.7. The van der Waals surface area contributed by atoms with Crippen molar-refractivity contribution < 1.29 is 14.6 Å². The molecule has 8 heteroatoms. The summed E-state index contributed by atoms with van der Waals surface area (Å²) in [5.41, 5.74) is 3.43. The van der Waals surface area contributed by atoms with E-state index in [2.05, 4.69) is 27.5 Å². The summed E-state index contributed by atoms with van der Waals surface area (Å²) in [7, 11) is 1.73. The minimum Gasteiger partial charge on any atom is -0.396 e. The molecule has 8 nitrogen and oxygen atoms in total. The molecular formula is C28H33N5O3. The molecule has 2 heterocycles. The molecule has 0 atom stereocenters. The highest BCUT2D eigenvalue weighted by Gasteiger charge is 2.31. The third-order valence-corrected chi connectivity index (χ3v) is 6.95. The van der Waals surface area contributed by atoms with Crippen LogP contribution in [0.4, 0.5) is 5.82 Å². The number of carbonyl (C=O) groups excluding carboxylic acids is 1. The first-order valence-electron chi connectivity index (χ1n) is 12.8. The van der Waals surface area contributed by atoms with Crippen LogP contribution >= 0.6 is 0 Å². The van der Waals surface area contributed by atoms with E-state index in [1.165, 1.54) is 0 Å². The lowest BCUT2D eigenvalue weighted by atomic mass is 10.0. The molecule has 5 rings (SSSR count). The second-order valence-corrected chi connectivity index (χ2v) is 9.65. The van der Waals surface area contributed by atoms with Crippen molar-refractivity contribution >= 4 is 17.4 Å². The number of nitrogens with zero attached hydrogens (tertiary/aromatic N) is 3. The maximum atomic E-state index is 12.4. The van der Waals surface area contributed by atoms with E-state index in [4.69, 9.17) is 14.8 Å². The van der Waals surface area contributed by atoms with Crippen LogP contribution in [-0.4, -0.2) is 57.3 Å². The van der Waals surface area contributed by atoms with Gasteiger partial charge in [0.05, 0.1) is 11.9 Å². The predicted octanol–water partition coefficient (Wildman–Crippen LogP) is 3.78. The first-order valence-corrected chi connectivity index (χ1v) is 12.8. The number of nitrogens with one attached hydrogen (secondary N) is 2. The number of hydrogen-bond donors (Lipinski definition) is 3. The van der Waals surface area contributed by atoms with E-state index in [9.17, 15) is 4.79 Å². The zero-order chi connectivity index (χ0) is 25.0. The van der Waals surface area contributed by atoms with Gasteiger partial charge >= 0.3 is 0 Å². The highest BCUT2D eigenvalue weighted by molar-refractivity contribution is 5.95. The Morgan fingerprint density at radius 3 is 2.69 bits per heavy atom. The third-order valence-electron chi connectivity index (χ3n) is 6.95. The van der Waals surface area contributed by atoms with Crippen LogP contribution in [0.25, 0.3) is 16.9 Å². The van der Waals surface area contributed by atoms with Crippen LogP contribution in [0.5, 0.6) is 0 Å². The number of anilines is 1. The number of amides is 1. The zero-order valence-corrected chi connectivity index (χ0v) is 20.7. The molecule has 1 aromatic carbocycles. The highest BCUT2D eigenvalue weighted by Crippen LogP contribution is 2.32. The summed E-state index contributed by atoms with van der Waals surface area (Å²) in [5, 5.41) is 15.5. The minimum atomic E-state index is -0.403. The smallest absolute Gasteiger partial charge is 0.251 e. The van der Waals surface area contributed by atoms with Crippen molar-refractivity contribution in [3.05, 3.63) is 47.9 Å². The molecule has 0 bridgehead atoms. The molecule has 2 fully saturated rings. The Bertz CT molecular complexity index is 1280. The molecule has 3 N–H and O–H groups in total. The van der Waals surface area contributed by atoms with E-state index in [0.717, 1.165) is 62.6 Å². The van der Waals surface area contributed by atoms with E-state index in [0.29, 0.717) is 35.3 Å². The number of fused-ring (bicyclic) bond motifs is 1. The summed E-state index contributed by atoms with van der Waals surface area (Å²) in [6, 6.07) is 7.93. The fourth-order valence-corrected chi connectivity index (χ4v) is 4.62. The Kier molecular flexibility index (Phi) is 7.21. The Morgan fingerprint density at radius 1 is 1.22 bits per heavy atom. The van der Waals surface area contributed by atoms with E-state index >= 15 is 0 Å². The molecule has 2 aliphatic rings. The van der Waals surface area contributed by atoms with Crippen LogP contribution in [0, 0.1) is 11.8 Å². The standard InChI is InChI=1S/C28H33N5O3/c1-36-28(13-2-3-14-28)15-12-23-19-33-24(18-30-26(33)25(31-23)29-16-4-5-17-34)20-6-8-21(9-7-20)27(35)32-22-10-11-22/h6-9,18-19,22,34H,2-5,10-11,13-14,16-17H2,1H3,(H,29,31)(H,32,35). The van der Waals surface area contributed by atoms with Crippen molar-refractivity contribution in [3.8, 4) is 23.1 Å². The number of aliphatic hydroxyl groups is 1. The Hall–Kier alpha value is -3.41. The van der Waals surface area contributed by atoms with Crippen LogP contribution in [0.2, 0.25) is 0 Å². The van der Waals surface area contributed by atoms with Gasteiger partial charge < -0.3 is 20.5 Å². The van der Waals surface area contributed by atoms with E-state index in [1.54, 1.807) is 7.11 Å². The van der Waals surface area contributed by atoms with E-state index in [1.807, 2.05) is 41.1 Å². The Balaban J connectivity index is 1.48. The van der Waals surface area contributed by atoms with Gasteiger partial charge in [-0.1, -0.05) is 18.1 Å². The van der Waals surface area contributed by atoms with Crippen molar-refractivity contribution in [2.45, 2.75) is 63.0 Å². The van der Waals surface area contributed by atoms with Crippen LogP contribution in [0.3, 0.4) is 0 Å². The molecular weight excluding hydrogens is 454 g/mol. The molecule has 2 saturated carbocycles. The monoisotopic (exact) mass is 487 g/mol. The summed E-state index contributed by atoms with van der Waals surface area (Å²) in [6.45, 7) is 0.840. The second-order valence-electron chi connectivity index (χ2n) is 9.65. The summed E-state index contributed by atoms with van der Waals surface area (Å²) in [6.07, 6.45) is 11.5. The van der Waals surface area contributed by atoms with Gasteiger partial charge in [-0.25, -0.2) is 9.97 Å². The molecule has 0 aliphatic heterocycles. The highest BCUT2D eigenvalue weighted by atomic mass is 16.5. The molecule has 0 unspecified atom stereocenters. The Morgan fingerprint density at radius 2 is 2.00 bits per heavy atom. The normalized spacial score (nSPS) is 16.5. The van der Waals surface area contributed by atoms with Gasteiger partial charge in [-0.15, -0.1) is 0 Å². The van der Waals surface area contributed by atoms with Gasteiger partial charge in [0.25, 0.3) is 5.91 Å². The summed E-state index contributed by atoms with van der Waals surface area (Å²) in [5.74, 6) is 7.24. The molecule has 0 radical (unpaired) electrons. The zero-order valence-electron chi connectivity index (χ0n) is 20.7. The number of aliphatic hydroxyl groups excluding tert-OH is 1. The lowest BCUT2D eigenvalue weighted by molar-refractivity contribution is 0.0474. The largest absolute Gasteiger partial charge is 0.396 e. The third kappa shape index (κ3) is 5.38. The van der Waals surface area contributed by atoms with Gasteiger partial charge in [0.1, 0.15) is 11.3 Å². The van der Waals surface area contributed by atoms with Gasteiger partial charge in [-0.05, 0) is 69.4 Å². The number of methoxy groups -OCH3 is 1. The number of ether oxygens (including phenoxy) is 1. The van der Waals surface area contributed by atoms with Gasteiger partial charge in [0.2, 0.25) is 0 Å². The molecule has 188 valence electrons.